The summed E-state index contributed by atoms with van der Waals surface area (Å²) in [7, 11) is 0. The van der Waals surface area contributed by atoms with E-state index in [9.17, 15) is 4.79 Å². The smallest absolute Gasteiger partial charge is 0.337 e. The maximum atomic E-state index is 11.1. The molecule has 0 spiro atoms. The quantitative estimate of drug-likeness (QED) is 0.872. The number of carbonyl (C=O) groups is 1. The van der Waals surface area contributed by atoms with E-state index in [-0.39, 0.29) is 5.56 Å². The number of hydrogen-bond acceptors (Lipinski definition) is 2. The van der Waals surface area contributed by atoms with Crippen LogP contribution in [-0.4, -0.2) is 20.9 Å². The van der Waals surface area contributed by atoms with Crippen molar-refractivity contribution in [3.63, 3.8) is 0 Å². The van der Waals surface area contributed by atoms with Crippen molar-refractivity contribution in [2.75, 3.05) is 0 Å². The van der Waals surface area contributed by atoms with Crippen LogP contribution in [0.25, 0.3) is 5.69 Å². The van der Waals surface area contributed by atoms with Crippen LogP contribution in [0.4, 0.5) is 0 Å². The number of nitrogens with zero attached hydrogens (tertiary/aromatic N) is 2. The van der Waals surface area contributed by atoms with Gasteiger partial charge in [0.1, 0.15) is 0 Å². The molecule has 4 nitrogen and oxygen atoms in total. The van der Waals surface area contributed by atoms with Gasteiger partial charge in [0.05, 0.1) is 22.5 Å². The van der Waals surface area contributed by atoms with Gasteiger partial charge in [-0.1, -0.05) is 23.7 Å². The molecule has 1 N–H and O–H groups in total. The number of rotatable bonds is 2. The van der Waals surface area contributed by atoms with Gasteiger partial charge in [-0.25, -0.2) is 9.48 Å². The summed E-state index contributed by atoms with van der Waals surface area (Å²) in [6.07, 6.45) is 3.05. The number of carboxylic acid groups (broad SMARTS) is 1. The molecule has 0 amide bonds. The largest absolute Gasteiger partial charge is 0.478 e. The summed E-state index contributed by atoms with van der Waals surface area (Å²) in [6, 6.07) is 5.07. The number of aromatic carboxylic acids is 1. The summed E-state index contributed by atoms with van der Waals surface area (Å²) in [5.41, 5.74) is 1.58. The Morgan fingerprint density at radius 2 is 2.25 bits per heavy atom. The predicted molar refractivity (Wildman–Crippen MR) is 60.3 cm³/mol. The maximum absolute atomic E-state index is 11.1. The first-order chi connectivity index (χ1) is 7.59. The van der Waals surface area contributed by atoms with Gasteiger partial charge >= 0.3 is 5.97 Å². The van der Waals surface area contributed by atoms with Crippen molar-refractivity contribution in [2.45, 2.75) is 6.92 Å². The van der Waals surface area contributed by atoms with E-state index in [4.69, 9.17) is 16.7 Å². The van der Waals surface area contributed by atoms with E-state index >= 15 is 0 Å². The van der Waals surface area contributed by atoms with Gasteiger partial charge in [0.2, 0.25) is 0 Å². The fraction of sp³-hybridized carbons (Fsp3) is 0.0909. The van der Waals surface area contributed by atoms with Crippen molar-refractivity contribution in [1.82, 2.24) is 9.78 Å². The average Bonchev–Trinajstić information content (AvgIpc) is 2.64. The highest BCUT2D eigenvalue weighted by molar-refractivity contribution is 6.30. The molecule has 0 saturated heterocycles. The highest BCUT2D eigenvalue weighted by Crippen LogP contribution is 2.20. The first-order valence-corrected chi connectivity index (χ1v) is 5.01. The summed E-state index contributed by atoms with van der Waals surface area (Å²) in [4.78, 5) is 11.1. The lowest BCUT2D eigenvalue weighted by Gasteiger charge is -2.09. The fourth-order valence-electron chi connectivity index (χ4n) is 1.56. The second-order valence-electron chi connectivity index (χ2n) is 3.38. The van der Waals surface area contributed by atoms with E-state index < -0.39 is 5.97 Å². The Kier molecular flexibility index (Phi) is 2.66. The Bertz CT molecular complexity index is 549. The van der Waals surface area contributed by atoms with Crippen LogP contribution >= 0.6 is 11.6 Å². The van der Waals surface area contributed by atoms with Gasteiger partial charge in [-0.3, -0.25) is 0 Å². The maximum Gasteiger partial charge on any atom is 0.337 e. The zero-order valence-corrected chi connectivity index (χ0v) is 9.27. The van der Waals surface area contributed by atoms with E-state index in [1.807, 2.05) is 13.0 Å². The summed E-state index contributed by atoms with van der Waals surface area (Å²) in [5.74, 6) is -0.981. The molecule has 5 heteroatoms. The number of hydrogen-bond donors (Lipinski definition) is 1. The van der Waals surface area contributed by atoms with Crippen LogP contribution in [0.15, 0.2) is 30.6 Å². The lowest BCUT2D eigenvalue weighted by Crippen LogP contribution is -2.07. The number of carboxylic acids is 1. The Hall–Kier alpha value is -1.81. The third-order valence-corrected chi connectivity index (χ3v) is 2.44. The SMILES string of the molecule is Cc1cccc(C(=O)O)c1-n1cc(Cl)cn1. The van der Waals surface area contributed by atoms with Gasteiger partial charge < -0.3 is 5.11 Å². The van der Waals surface area contributed by atoms with E-state index in [2.05, 4.69) is 5.10 Å². The molecular weight excluding hydrogens is 228 g/mol. The first-order valence-electron chi connectivity index (χ1n) is 4.63. The molecule has 0 aliphatic carbocycles. The van der Waals surface area contributed by atoms with Gasteiger partial charge in [0.25, 0.3) is 0 Å². The van der Waals surface area contributed by atoms with Crippen molar-refractivity contribution in [1.29, 1.82) is 0 Å². The van der Waals surface area contributed by atoms with Gasteiger partial charge in [0, 0.05) is 6.20 Å². The molecule has 1 aromatic heterocycles. The van der Waals surface area contributed by atoms with E-state index in [0.717, 1.165) is 5.56 Å². The molecule has 0 atom stereocenters. The van der Waals surface area contributed by atoms with Crippen LogP contribution in [0, 0.1) is 6.92 Å². The summed E-state index contributed by atoms with van der Waals surface area (Å²) < 4.78 is 1.47. The Morgan fingerprint density at radius 1 is 1.50 bits per heavy atom. The molecule has 0 bridgehead atoms. The van der Waals surface area contributed by atoms with Gasteiger partial charge in [-0.15, -0.1) is 0 Å². The molecule has 0 aliphatic heterocycles. The molecule has 0 fully saturated rings. The average molecular weight is 237 g/mol. The van der Waals surface area contributed by atoms with Crippen LogP contribution in [0.3, 0.4) is 0 Å². The minimum atomic E-state index is -0.981. The molecule has 16 heavy (non-hydrogen) atoms. The Labute approximate surface area is 97.1 Å². The van der Waals surface area contributed by atoms with Crippen LogP contribution in [0.2, 0.25) is 5.02 Å². The predicted octanol–water partition coefficient (Wildman–Crippen LogP) is 2.53. The monoisotopic (exact) mass is 236 g/mol. The van der Waals surface area contributed by atoms with Gasteiger partial charge in [-0.05, 0) is 18.6 Å². The van der Waals surface area contributed by atoms with Crippen LogP contribution < -0.4 is 0 Å². The van der Waals surface area contributed by atoms with Crippen LogP contribution in [0.1, 0.15) is 15.9 Å². The number of aryl methyl sites for hydroxylation is 1. The topological polar surface area (TPSA) is 55.1 Å². The second kappa shape index (κ2) is 3.98. The molecule has 2 rings (SSSR count). The third-order valence-electron chi connectivity index (χ3n) is 2.25. The van der Waals surface area contributed by atoms with E-state index in [1.54, 1.807) is 18.3 Å². The van der Waals surface area contributed by atoms with Crippen molar-refractivity contribution in [3.05, 3.63) is 46.7 Å². The molecule has 0 radical (unpaired) electrons. The van der Waals surface area contributed by atoms with Crippen molar-refractivity contribution < 1.29 is 9.90 Å². The number of para-hydroxylation sites is 1. The van der Waals surface area contributed by atoms with Crippen LogP contribution in [-0.2, 0) is 0 Å². The molecule has 2 aromatic rings. The molecule has 82 valence electrons. The standard InChI is InChI=1S/C11H9ClN2O2/c1-7-3-2-4-9(11(15)16)10(7)14-6-8(12)5-13-14/h2-6H,1H3,(H,15,16). The van der Waals surface area contributed by atoms with Crippen molar-refractivity contribution in [2.24, 2.45) is 0 Å². The lowest BCUT2D eigenvalue weighted by molar-refractivity contribution is 0.0696. The van der Waals surface area contributed by atoms with E-state index in [0.29, 0.717) is 10.7 Å². The molecule has 0 saturated carbocycles. The van der Waals surface area contributed by atoms with Crippen molar-refractivity contribution >= 4 is 17.6 Å². The molecular formula is C11H9ClN2O2. The number of benzene rings is 1. The van der Waals surface area contributed by atoms with E-state index in [1.165, 1.54) is 10.9 Å². The van der Waals surface area contributed by atoms with Gasteiger partial charge in [-0.2, -0.15) is 5.10 Å². The minimum absolute atomic E-state index is 0.208. The lowest BCUT2D eigenvalue weighted by atomic mass is 10.1. The number of aromatic nitrogens is 2. The highest BCUT2D eigenvalue weighted by Gasteiger charge is 2.14. The number of halogens is 1. The van der Waals surface area contributed by atoms with Crippen LogP contribution in [0.5, 0.6) is 0 Å². The normalized spacial score (nSPS) is 10.4. The fourth-order valence-corrected chi connectivity index (χ4v) is 1.69. The minimum Gasteiger partial charge on any atom is -0.478 e. The first kappa shape index (κ1) is 10.7. The molecule has 1 aromatic carbocycles. The summed E-state index contributed by atoms with van der Waals surface area (Å²) in [5, 5.41) is 13.6. The second-order valence-corrected chi connectivity index (χ2v) is 3.82. The van der Waals surface area contributed by atoms with Crippen molar-refractivity contribution in [3.8, 4) is 5.69 Å². The zero-order chi connectivity index (χ0) is 11.7. The third kappa shape index (κ3) is 1.79. The highest BCUT2D eigenvalue weighted by atomic mass is 35.5. The Balaban J connectivity index is 2.67. The molecule has 0 unspecified atom stereocenters. The molecule has 1 heterocycles. The summed E-state index contributed by atoms with van der Waals surface area (Å²) in [6.45, 7) is 1.83. The Morgan fingerprint density at radius 3 is 2.81 bits per heavy atom. The molecule has 0 aliphatic rings. The zero-order valence-electron chi connectivity index (χ0n) is 8.51. The summed E-state index contributed by atoms with van der Waals surface area (Å²) >= 11 is 5.76. The van der Waals surface area contributed by atoms with Gasteiger partial charge in [0.15, 0.2) is 0 Å².